The molecule has 72 valence electrons. The molecule has 0 aliphatic rings. The Hall–Kier alpha value is -1.82. The number of aromatic amines is 2. The summed E-state index contributed by atoms with van der Waals surface area (Å²) < 4.78 is 1.42. The Morgan fingerprint density at radius 1 is 1.36 bits per heavy atom. The Kier molecular flexibility index (Phi) is 1.78. The molecule has 3 aromatic heterocycles. The van der Waals surface area contributed by atoms with Gasteiger partial charge < -0.3 is 4.98 Å². The summed E-state index contributed by atoms with van der Waals surface area (Å²) in [6.07, 6.45) is 4.69. The van der Waals surface area contributed by atoms with Gasteiger partial charge in [-0.2, -0.15) is 0 Å². The lowest BCUT2D eigenvalue weighted by atomic mass is 10.5. The van der Waals surface area contributed by atoms with Crippen molar-refractivity contribution < 1.29 is 0 Å². The van der Waals surface area contributed by atoms with Crippen LogP contribution in [0.5, 0.6) is 0 Å². The molecular weight excluding hydrogens is 206 g/mol. The average Bonchev–Trinajstić information content (AvgIpc) is 2.66. The van der Waals surface area contributed by atoms with Crippen LogP contribution in [-0.4, -0.2) is 24.3 Å². The monoisotopic (exact) mass is 211 g/mol. The molecule has 0 bridgehead atoms. The van der Waals surface area contributed by atoms with Crippen LogP contribution in [0.1, 0.15) is 0 Å². The molecule has 0 aromatic carbocycles. The number of hydrogen-bond donors (Lipinski definition) is 2. The first-order valence-corrected chi connectivity index (χ1v) is 3.75. The van der Waals surface area contributed by atoms with Gasteiger partial charge in [0.05, 0.1) is 6.33 Å². The first kappa shape index (κ1) is 8.76. The average molecular weight is 212 g/mol. The second-order valence-electron chi connectivity index (χ2n) is 2.68. The number of rotatable bonds is 0. The molecular formula is C7H6ClN5O. The number of fused-ring (bicyclic) bond motifs is 3. The summed E-state index contributed by atoms with van der Waals surface area (Å²) >= 11 is 0. The molecule has 0 spiro atoms. The van der Waals surface area contributed by atoms with Gasteiger partial charge in [-0.05, 0) is 0 Å². The highest BCUT2D eigenvalue weighted by molar-refractivity contribution is 5.85. The molecule has 0 unspecified atom stereocenters. The van der Waals surface area contributed by atoms with Crippen LogP contribution in [0.4, 0.5) is 0 Å². The van der Waals surface area contributed by atoms with E-state index in [1.807, 2.05) is 0 Å². The molecule has 0 saturated heterocycles. The summed E-state index contributed by atoms with van der Waals surface area (Å²) in [5.41, 5.74) is 1.62. The largest absolute Gasteiger partial charge is 0.332 e. The molecule has 3 heterocycles. The topological polar surface area (TPSA) is 78.8 Å². The number of aromatic nitrogens is 5. The second kappa shape index (κ2) is 2.85. The quantitative estimate of drug-likeness (QED) is 0.562. The van der Waals surface area contributed by atoms with Crippen molar-refractivity contribution in [3.05, 3.63) is 29.2 Å². The van der Waals surface area contributed by atoms with E-state index in [4.69, 9.17) is 0 Å². The summed E-state index contributed by atoms with van der Waals surface area (Å²) in [6, 6.07) is 0. The van der Waals surface area contributed by atoms with Gasteiger partial charge in [0, 0.05) is 12.4 Å². The number of imidazole rings is 2. The first-order chi connectivity index (χ1) is 6.36. The predicted octanol–water partition coefficient (Wildman–Crippen LogP) is 0.321. The second-order valence-corrected chi connectivity index (χ2v) is 2.68. The third kappa shape index (κ3) is 0.942. The molecule has 0 atom stereocenters. The minimum atomic E-state index is -0.218. The van der Waals surface area contributed by atoms with Gasteiger partial charge in [0.25, 0.3) is 0 Å². The Morgan fingerprint density at radius 3 is 3.07 bits per heavy atom. The van der Waals surface area contributed by atoms with Gasteiger partial charge in [-0.25, -0.2) is 19.2 Å². The zero-order valence-electron chi connectivity index (χ0n) is 6.89. The Morgan fingerprint density at radius 2 is 2.21 bits per heavy atom. The van der Waals surface area contributed by atoms with Crippen molar-refractivity contribution in [2.24, 2.45) is 0 Å². The van der Waals surface area contributed by atoms with E-state index in [2.05, 4.69) is 19.9 Å². The van der Waals surface area contributed by atoms with Gasteiger partial charge in [-0.1, -0.05) is 0 Å². The molecule has 7 heteroatoms. The van der Waals surface area contributed by atoms with Gasteiger partial charge >= 0.3 is 5.69 Å². The highest BCUT2D eigenvalue weighted by Gasteiger charge is 2.06. The zero-order valence-corrected chi connectivity index (χ0v) is 7.71. The smallest absolute Gasteiger partial charge is 0.331 e. The van der Waals surface area contributed by atoms with E-state index in [1.165, 1.54) is 10.7 Å². The third-order valence-corrected chi connectivity index (χ3v) is 1.94. The molecule has 6 nitrogen and oxygen atoms in total. The highest BCUT2D eigenvalue weighted by atomic mass is 35.5. The summed E-state index contributed by atoms with van der Waals surface area (Å²) in [7, 11) is 0. The lowest BCUT2D eigenvalue weighted by Crippen LogP contribution is -2.15. The summed E-state index contributed by atoms with van der Waals surface area (Å²) in [5, 5.41) is 0. The molecule has 0 aliphatic carbocycles. The first-order valence-electron chi connectivity index (χ1n) is 3.75. The molecule has 0 saturated carbocycles. The number of hydrogen-bond acceptors (Lipinski definition) is 3. The minimum Gasteiger partial charge on any atom is -0.331 e. The molecule has 0 fully saturated rings. The van der Waals surface area contributed by atoms with Crippen LogP contribution in [-0.2, 0) is 0 Å². The maximum atomic E-state index is 11.4. The molecule has 0 aliphatic heterocycles. The standard InChI is InChI=1S/C7H5N5O.ClH/c13-7-11-5-4(9-3-10-5)6-8-1-2-12(6)7;/h1-3H,(H,9,10)(H,11,13);1H. The van der Waals surface area contributed by atoms with Crippen molar-refractivity contribution in [3.63, 3.8) is 0 Å². The molecule has 0 radical (unpaired) electrons. The number of H-pyrrole nitrogens is 2. The van der Waals surface area contributed by atoms with Crippen LogP contribution in [0.15, 0.2) is 23.5 Å². The number of nitrogens with zero attached hydrogens (tertiary/aromatic N) is 3. The predicted molar refractivity (Wildman–Crippen MR) is 52.7 cm³/mol. The molecule has 14 heavy (non-hydrogen) atoms. The Bertz CT molecular complexity index is 636. The maximum absolute atomic E-state index is 11.4. The van der Waals surface area contributed by atoms with Gasteiger partial charge in [0.1, 0.15) is 11.2 Å². The van der Waals surface area contributed by atoms with E-state index in [9.17, 15) is 4.79 Å². The van der Waals surface area contributed by atoms with Crippen LogP contribution >= 0.6 is 12.4 Å². The Labute approximate surface area is 83.4 Å². The minimum absolute atomic E-state index is 0. The van der Waals surface area contributed by atoms with E-state index in [1.54, 1.807) is 12.4 Å². The fraction of sp³-hybridized carbons (Fsp3) is 0. The van der Waals surface area contributed by atoms with Crippen molar-refractivity contribution >= 4 is 29.2 Å². The molecule has 0 amide bonds. The van der Waals surface area contributed by atoms with Crippen molar-refractivity contribution in [3.8, 4) is 0 Å². The van der Waals surface area contributed by atoms with Crippen LogP contribution in [0, 0.1) is 0 Å². The molecule has 3 aromatic rings. The normalized spacial score (nSPS) is 10.6. The highest BCUT2D eigenvalue weighted by Crippen LogP contribution is 2.08. The van der Waals surface area contributed by atoms with E-state index >= 15 is 0 Å². The number of nitrogens with one attached hydrogen (secondary N) is 2. The van der Waals surface area contributed by atoms with Crippen LogP contribution in [0.2, 0.25) is 0 Å². The zero-order chi connectivity index (χ0) is 8.84. The molecule has 3 rings (SSSR count). The summed E-state index contributed by atoms with van der Waals surface area (Å²) in [4.78, 5) is 24.9. The fourth-order valence-electron chi connectivity index (χ4n) is 1.37. The van der Waals surface area contributed by atoms with E-state index in [-0.39, 0.29) is 18.1 Å². The number of halogens is 1. The van der Waals surface area contributed by atoms with Crippen LogP contribution in [0.3, 0.4) is 0 Å². The lowest BCUT2D eigenvalue weighted by Gasteiger charge is -1.91. The van der Waals surface area contributed by atoms with E-state index in [0.717, 1.165) is 0 Å². The van der Waals surface area contributed by atoms with Crippen LogP contribution < -0.4 is 5.69 Å². The summed E-state index contributed by atoms with van der Waals surface area (Å²) in [5.74, 6) is 0. The lowest BCUT2D eigenvalue weighted by molar-refractivity contribution is 1.02. The van der Waals surface area contributed by atoms with Crippen molar-refractivity contribution in [2.75, 3.05) is 0 Å². The summed E-state index contributed by atoms with van der Waals surface area (Å²) in [6.45, 7) is 0. The van der Waals surface area contributed by atoms with Gasteiger partial charge in [0.2, 0.25) is 0 Å². The van der Waals surface area contributed by atoms with Gasteiger partial charge in [-0.3, -0.25) is 4.98 Å². The van der Waals surface area contributed by atoms with Gasteiger partial charge in [0.15, 0.2) is 5.65 Å². The molecule has 2 N–H and O–H groups in total. The SMILES string of the molecule is Cl.O=c1[nH]c2[nH]cnc2c2nccn12. The van der Waals surface area contributed by atoms with Gasteiger partial charge in [-0.15, -0.1) is 12.4 Å². The van der Waals surface area contributed by atoms with Crippen molar-refractivity contribution in [1.29, 1.82) is 0 Å². The van der Waals surface area contributed by atoms with E-state index in [0.29, 0.717) is 16.8 Å². The Balaban J connectivity index is 0.000000750. The van der Waals surface area contributed by atoms with Crippen LogP contribution in [0.25, 0.3) is 16.8 Å². The maximum Gasteiger partial charge on any atom is 0.332 e. The fourth-order valence-corrected chi connectivity index (χ4v) is 1.37. The van der Waals surface area contributed by atoms with Crippen molar-refractivity contribution in [1.82, 2.24) is 24.3 Å². The van der Waals surface area contributed by atoms with Crippen molar-refractivity contribution in [2.45, 2.75) is 0 Å². The third-order valence-electron chi connectivity index (χ3n) is 1.94. The van der Waals surface area contributed by atoms with E-state index < -0.39 is 0 Å².